The van der Waals surface area contributed by atoms with E-state index in [1.54, 1.807) is 11.3 Å². The fourth-order valence-electron chi connectivity index (χ4n) is 4.81. The Hall–Kier alpha value is -2.35. The van der Waals surface area contributed by atoms with Crippen molar-refractivity contribution in [1.29, 1.82) is 10.5 Å². The summed E-state index contributed by atoms with van der Waals surface area (Å²) < 4.78 is 0. The normalized spacial score (nSPS) is 17.8. The summed E-state index contributed by atoms with van der Waals surface area (Å²) in [6, 6.07) is 6.54. The number of aromatic nitrogens is 1. The van der Waals surface area contributed by atoms with E-state index in [0.29, 0.717) is 27.1 Å². The molecule has 2 heterocycles. The molecular formula is C26H30N4OS2. The van der Waals surface area contributed by atoms with E-state index in [-0.39, 0.29) is 17.1 Å². The molecule has 7 heteroatoms. The number of thiophene rings is 1. The summed E-state index contributed by atoms with van der Waals surface area (Å²) in [5.74, 6) is 0.583. The summed E-state index contributed by atoms with van der Waals surface area (Å²) in [6.45, 7) is 6.81. The van der Waals surface area contributed by atoms with Gasteiger partial charge in [0.05, 0.1) is 16.9 Å². The number of rotatable bonds is 4. The highest BCUT2D eigenvalue weighted by molar-refractivity contribution is 8.00. The van der Waals surface area contributed by atoms with Crippen LogP contribution in [0.4, 0.5) is 5.00 Å². The van der Waals surface area contributed by atoms with E-state index in [2.05, 4.69) is 38.2 Å². The van der Waals surface area contributed by atoms with Gasteiger partial charge in [0.1, 0.15) is 22.2 Å². The number of thioether (sulfide) groups is 1. The third-order valence-electron chi connectivity index (χ3n) is 6.83. The minimum absolute atomic E-state index is 0.164. The third-order valence-corrected chi connectivity index (χ3v) is 8.99. The molecule has 0 unspecified atom stereocenters. The van der Waals surface area contributed by atoms with Crippen molar-refractivity contribution in [2.75, 3.05) is 11.1 Å². The Bertz CT molecular complexity index is 1150. The molecule has 1 amide bonds. The first kappa shape index (κ1) is 23.8. The molecule has 2 aliphatic carbocycles. The van der Waals surface area contributed by atoms with Crippen LogP contribution in [0.25, 0.3) is 0 Å². The molecule has 2 aliphatic rings. The minimum Gasteiger partial charge on any atom is -0.316 e. The lowest BCUT2D eigenvalue weighted by Crippen LogP contribution is -2.26. The van der Waals surface area contributed by atoms with Crippen LogP contribution >= 0.6 is 23.1 Å². The van der Waals surface area contributed by atoms with Gasteiger partial charge in [-0.2, -0.15) is 10.5 Å². The third kappa shape index (κ3) is 5.26. The van der Waals surface area contributed by atoms with Crippen LogP contribution in [0.2, 0.25) is 0 Å². The van der Waals surface area contributed by atoms with Gasteiger partial charge in [0.25, 0.3) is 0 Å². The number of nitrogens with zero attached hydrogens (tertiary/aromatic N) is 3. The predicted molar refractivity (Wildman–Crippen MR) is 134 cm³/mol. The number of aryl methyl sites for hydroxylation is 2. The maximum Gasteiger partial charge on any atom is 0.235 e. The second-order valence-electron chi connectivity index (χ2n) is 10.1. The molecule has 2 aromatic heterocycles. The van der Waals surface area contributed by atoms with E-state index in [1.807, 2.05) is 6.07 Å². The van der Waals surface area contributed by atoms with E-state index in [9.17, 15) is 15.3 Å². The van der Waals surface area contributed by atoms with Crippen molar-refractivity contribution in [1.82, 2.24) is 4.98 Å². The molecule has 4 rings (SSSR count). The van der Waals surface area contributed by atoms with Gasteiger partial charge >= 0.3 is 0 Å². The smallest absolute Gasteiger partial charge is 0.235 e. The van der Waals surface area contributed by atoms with E-state index < -0.39 is 0 Å². The van der Waals surface area contributed by atoms with Crippen molar-refractivity contribution in [3.63, 3.8) is 0 Å². The van der Waals surface area contributed by atoms with Crippen LogP contribution in [0.1, 0.15) is 79.3 Å². The number of hydrogen-bond donors (Lipinski definition) is 1. The summed E-state index contributed by atoms with van der Waals surface area (Å²) in [5, 5.41) is 23.6. The van der Waals surface area contributed by atoms with Gasteiger partial charge in [0.15, 0.2) is 0 Å². The quantitative estimate of drug-likeness (QED) is 0.427. The number of anilines is 1. The van der Waals surface area contributed by atoms with Gasteiger partial charge in [0, 0.05) is 10.6 Å². The molecule has 1 atom stereocenters. The standard InChI is InChI=1S/C26H30N4OS2/c1-26(2,3)18-9-10-19-20(14-28)25(33-22(19)12-18)30-23(31)15-32-24-17(13-27)11-16-7-5-4-6-8-21(16)29-24/h11,18H,4-10,12,15H2,1-3H3,(H,30,31)/t18-/m0/s1. The molecule has 0 saturated heterocycles. The maximum absolute atomic E-state index is 12.8. The summed E-state index contributed by atoms with van der Waals surface area (Å²) in [5.41, 5.74) is 4.76. The lowest BCUT2D eigenvalue weighted by atomic mass is 9.72. The van der Waals surface area contributed by atoms with Gasteiger partial charge in [0.2, 0.25) is 5.91 Å². The topological polar surface area (TPSA) is 89.6 Å². The molecule has 0 spiro atoms. The molecular weight excluding hydrogens is 448 g/mol. The van der Waals surface area contributed by atoms with Crippen LogP contribution < -0.4 is 5.32 Å². The number of amides is 1. The van der Waals surface area contributed by atoms with Crippen LogP contribution in [0.15, 0.2) is 11.1 Å². The highest BCUT2D eigenvalue weighted by Crippen LogP contribution is 2.44. The van der Waals surface area contributed by atoms with E-state index in [4.69, 9.17) is 4.98 Å². The summed E-state index contributed by atoms with van der Waals surface area (Å²) in [6.07, 6.45) is 8.28. The van der Waals surface area contributed by atoms with Crippen molar-refractivity contribution in [2.45, 2.75) is 77.2 Å². The molecule has 33 heavy (non-hydrogen) atoms. The predicted octanol–water partition coefficient (Wildman–Crippen LogP) is 6.04. The van der Waals surface area contributed by atoms with Crippen LogP contribution in [0, 0.1) is 34.0 Å². The van der Waals surface area contributed by atoms with Crippen LogP contribution in [0.3, 0.4) is 0 Å². The Labute approximate surface area is 204 Å². The highest BCUT2D eigenvalue weighted by atomic mass is 32.2. The first-order chi connectivity index (χ1) is 15.8. The number of fused-ring (bicyclic) bond motifs is 2. The van der Waals surface area contributed by atoms with Crippen molar-refractivity contribution in [2.24, 2.45) is 11.3 Å². The number of hydrogen-bond acceptors (Lipinski definition) is 6. The molecule has 1 N–H and O–H groups in total. The Morgan fingerprint density at radius 2 is 2.00 bits per heavy atom. The van der Waals surface area contributed by atoms with Gasteiger partial charge in [-0.25, -0.2) is 4.98 Å². The fourth-order valence-corrected chi connectivity index (χ4v) is 6.88. The van der Waals surface area contributed by atoms with Crippen LogP contribution in [0.5, 0.6) is 0 Å². The number of nitriles is 2. The summed E-state index contributed by atoms with van der Waals surface area (Å²) in [4.78, 5) is 18.8. The summed E-state index contributed by atoms with van der Waals surface area (Å²) in [7, 11) is 0. The second kappa shape index (κ2) is 9.87. The molecule has 0 aliphatic heterocycles. The first-order valence-corrected chi connectivity index (χ1v) is 13.5. The largest absolute Gasteiger partial charge is 0.316 e. The zero-order chi connectivity index (χ0) is 23.6. The number of pyridine rings is 1. The maximum atomic E-state index is 12.8. The van der Waals surface area contributed by atoms with E-state index in [1.165, 1.54) is 28.6 Å². The average Bonchev–Trinajstić information content (AvgIpc) is 2.96. The lowest BCUT2D eigenvalue weighted by molar-refractivity contribution is -0.113. The van der Waals surface area contributed by atoms with Gasteiger partial charge in [-0.15, -0.1) is 11.3 Å². The Morgan fingerprint density at radius 3 is 2.73 bits per heavy atom. The van der Waals surface area contributed by atoms with E-state index in [0.717, 1.165) is 56.2 Å². The molecule has 0 radical (unpaired) electrons. The van der Waals surface area contributed by atoms with Crippen LogP contribution in [-0.4, -0.2) is 16.6 Å². The zero-order valence-corrected chi connectivity index (χ0v) is 21.2. The zero-order valence-electron chi connectivity index (χ0n) is 19.6. The van der Waals surface area contributed by atoms with Gasteiger partial charge in [-0.1, -0.05) is 39.0 Å². The average molecular weight is 479 g/mol. The molecule has 2 aromatic rings. The fraction of sp³-hybridized carbons (Fsp3) is 0.538. The first-order valence-electron chi connectivity index (χ1n) is 11.7. The second-order valence-corrected chi connectivity index (χ2v) is 12.2. The van der Waals surface area contributed by atoms with Crippen molar-refractivity contribution < 1.29 is 4.79 Å². The SMILES string of the molecule is CC(C)(C)[C@H]1CCc2c(sc(NC(=O)CSc3nc4c(cc3C#N)CCCCC4)c2C#N)C1. The van der Waals surface area contributed by atoms with Crippen molar-refractivity contribution >= 4 is 34.0 Å². The van der Waals surface area contributed by atoms with Crippen molar-refractivity contribution in [3.05, 3.63) is 38.9 Å². The van der Waals surface area contributed by atoms with Crippen molar-refractivity contribution in [3.8, 4) is 12.1 Å². The van der Waals surface area contributed by atoms with Gasteiger partial charge in [-0.05, 0) is 73.5 Å². The van der Waals surface area contributed by atoms with Crippen LogP contribution in [-0.2, 0) is 30.5 Å². The highest BCUT2D eigenvalue weighted by Gasteiger charge is 2.32. The number of carbonyl (C=O) groups excluding carboxylic acids is 1. The molecule has 0 saturated carbocycles. The van der Waals surface area contributed by atoms with Gasteiger partial charge in [-0.3, -0.25) is 4.79 Å². The minimum atomic E-state index is -0.164. The Morgan fingerprint density at radius 1 is 1.21 bits per heavy atom. The lowest BCUT2D eigenvalue weighted by Gasteiger charge is -2.33. The molecule has 0 fully saturated rings. The monoisotopic (exact) mass is 478 g/mol. The van der Waals surface area contributed by atoms with Gasteiger partial charge < -0.3 is 5.32 Å². The molecule has 5 nitrogen and oxygen atoms in total. The molecule has 0 aromatic carbocycles. The Kier molecular flexibility index (Phi) is 7.12. The van der Waals surface area contributed by atoms with E-state index >= 15 is 0 Å². The molecule has 172 valence electrons. The Balaban J connectivity index is 1.46. The number of carbonyl (C=O) groups is 1. The number of nitrogens with one attached hydrogen (secondary N) is 1. The summed E-state index contributed by atoms with van der Waals surface area (Å²) >= 11 is 2.86. The molecule has 0 bridgehead atoms.